The summed E-state index contributed by atoms with van der Waals surface area (Å²) in [5.74, 6) is 0.213. The third-order valence-corrected chi connectivity index (χ3v) is 4.42. The van der Waals surface area contributed by atoms with Crippen LogP contribution in [0.2, 0.25) is 0 Å². The molecule has 0 aliphatic heterocycles. The number of benzene rings is 3. The van der Waals surface area contributed by atoms with Gasteiger partial charge in [0.2, 0.25) is 0 Å². The topological polar surface area (TPSA) is 52.5 Å². The van der Waals surface area contributed by atoms with Gasteiger partial charge in [-0.05, 0) is 59.5 Å². The van der Waals surface area contributed by atoms with Gasteiger partial charge in [0.1, 0.15) is 5.75 Å². The minimum Gasteiger partial charge on any atom is -0.508 e. The van der Waals surface area contributed by atoms with Crippen molar-refractivity contribution >= 4 is 10.8 Å². The van der Waals surface area contributed by atoms with Crippen LogP contribution in [0.15, 0.2) is 60.7 Å². The van der Waals surface area contributed by atoms with Crippen molar-refractivity contribution in [2.75, 3.05) is 13.1 Å². The molecule has 0 heterocycles. The lowest BCUT2D eigenvalue weighted by Gasteiger charge is -2.13. The Balaban J connectivity index is 1.57. The van der Waals surface area contributed by atoms with Gasteiger partial charge in [-0.15, -0.1) is 0 Å². The van der Waals surface area contributed by atoms with E-state index in [2.05, 4.69) is 48.6 Å². The molecule has 0 saturated heterocycles. The number of aromatic hydroxyl groups is 1. The highest BCUT2D eigenvalue weighted by Crippen LogP contribution is 2.22. The molecule has 0 aromatic heterocycles. The molecular weight excluding hydrogens is 298 g/mol. The van der Waals surface area contributed by atoms with Crippen LogP contribution in [0.1, 0.15) is 22.8 Å². The molecule has 0 fully saturated rings. The number of rotatable bonds is 6. The number of hydrogen-bond donors (Lipinski definition) is 3. The van der Waals surface area contributed by atoms with E-state index in [1.807, 2.05) is 0 Å². The highest BCUT2D eigenvalue weighted by molar-refractivity contribution is 5.88. The highest BCUT2D eigenvalue weighted by atomic mass is 16.3. The molecule has 0 saturated carbocycles. The third kappa shape index (κ3) is 3.75. The van der Waals surface area contributed by atoms with E-state index in [0.29, 0.717) is 6.54 Å². The number of hydrogen-bond acceptors (Lipinski definition) is 3. The maximum Gasteiger partial charge on any atom is 0.115 e. The van der Waals surface area contributed by atoms with Crippen molar-refractivity contribution in [2.24, 2.45) is 0 Å². The quantitative estimate of drug-likeness (QED) is 0.607. The molecule has 0 aliphatic rings. The van der Waals surface area contributed by atoms with E-state index in [-0.39, 0.29) is 5.75 Å². The summed E-state index contributed by atoms with van der Waals surface area (Å²) in [6.07, 6.45) is 0.351. The zero-order valence-corrected chi connectivity index (χ0v) is 13.9. The molecule has 1 atom stereocenters. The first-order valence-electron chi connectivity index (χ1n) is 8.30. The van der Waals surface area contributed by atoms with Gasteiger partial charge < -0.3 is 15.5 Å². The van der Waals surface area contributed by atoms with Gasteiger partial charge in [-0.2, -0.15) is 0 Å². The SMILES string of the molecule is Cc1ccc(CCNCC(O)c2ccc(O)cc2)c2ccccc12. The van der Waals surface area contributed by atoms with E-state index < -0.39 is 6.10 Å². The molecule has 0 radical (unpaired) electrons. The zero-order chi connectivity index (χ0) is 16.9. The van der Waals surface area contributed by atoms with Crippen LogP contribution in [0.5, 0.6) is 5.75 Å². The molecule has 3 aromatic rings. The summed E-state index contributed by atoms with van der Waals surface area (Å²) in [5, 5.41) is 25.4. The van der Waals surface area contributed by atoms with Crippen LogP contribution in [-0.4, -0.2) is 23.3 Å². The largest absolute Gasteiger partial charge is 0.508 e. The Hall–Kier alpha value is -2.36. The Kier molecular flexibility index (Phi) is 5.14. The van der Waals surface area contributed by atoms with Gasteiger partial charge in [0, 0.05) is 6.54 Å². The fourth-order valence-corrected chi connectivity index (χ4v) is 3.01. The van der Waals surface area contributed by atoms with E-state index in [0.717, 1.165) is 18.5 Å². The van der Waals surface area contributed by atoms with Crippen molar-refractivity contribution < 1.29 is 10.2 Å². The Morgan fingerprint density at radius 3 is 2.38 bits per heavy atom. The normalized spacial score (nSPS) is 12.4. The number of aliphatic hydroxyl groups excluding tert-OH is 1. The number of phenolic OH excluding ortho intramolecular Hbond substituents is 1. The number of fused-ring (bicyclic) bond motifs is 1. The average molecular weight is 321 g/mol. The lowest BCUT2D eigenvalue weighted by molar-refractivity contribution is 0.175. The predicted molar refractivity (Wildman–Crippen MR) is 98.3 cm³/mol. The lowest BCUT2D eigenvalue weighted by Crippen LogP contribution is -2.23. The maximum atomic E-state index is 10.2. The fraction of sp³-hybridized carbons (Fsp3) is 0.238. The van der Waals surface area contributed by atoms with Crippen LogP contribution in [-0.2, 0) is 6.42 Å². The first-order valence-corrected chi connectivity index (χ1v) is 8.30. The average Bonchev–Trinajstić information content (AvgIpc) is 2.61. The molecule has 0 bridgehead atoms. The number of nitrogens with one attached hydrogen (secondary N) is 1. The molecule has 3 heteroatoms. The van der Waals surface area contributed by atoms with Crippen molar-refractivity contribution in [1.82, 2.24) is 5.32 Å². The van der Waals surface area contributed by atoms with Crippen LogP contribution in [0.3, 0.4) is 0 Å². The lowest BCUT2D eigenvalue weighted by atomic mass is 9.98. The summed E-state index contributed by atoms with van der Waals surface area (Å²) < 4.78 is 0. The summed E-state index contributed by atoms with van der Waals surface area (Å²) in [7, 11) is 0. The van der Waals surface area contributed by atoms with E-state index in [9.17, 15) is 10.2 Å². The second kappa shape index (κ2) is 7.47. The van der Waals surface area contributed by atoms with Crippen molar-refractivity contribution in [3.8, 4) is 5.75 Å². The molecule has 3 N–H and O–H groups in total. The van der Waals surface area contributed by atoms with Crippen LogP contribution in [0, 0.1) is 6.92 Å². The van der Waals surface area contributed by atoms with Crippen LogP contribution >= 0.6 is 0 Å². The second-order valence-corrected chi connectivity index (χ2v) is 6.15. The van der Waals surface area contributed by atoms with Crippen molar-refractivity contribution in [1.29, 1.82) is 0 Å². The molecule has 1 unspecified atom stereocenters. The van der Waals surface area contributed by atoms with Gasteiger partial charge in [0.25, 0.3) is 0 Å². The Morgan fingerprint density at radius 1 is 0.917 bits per heavy atom. The van der Waals surface area contributed by atoms with Crippen molar-refractivity contribution in [3.63, 3.8) is 0 Å². The van der Waals surface area contributed by atoms with Gasteiger partial charge in [-0.3, -0.25) is 0 Å². The Bertz CT molecular complexity index is 812. The maximum absolute atomic E-state index is 10.2. The summed E-state index contributed by atoms with van der Waals surface area (Å²) in [6.45, 7) is 3.44. The zero-order valence-electron chi connectivity index (χ0n) is 13.9. The van der Waals surface area contributed by atoms with Crippen molar-refractivity contribution in [2.45, 2.75) is 19.4 Å². The first kappa shape index (κ1) is 16.5. The molecule has 0 amide bonds. The van der Waals surface area contributed by atoms with E-state index in [1.54, 1.807) is 24.3 Å². The molecule has 124 valence electrons. The number of aryl methyl sites for hydroxylation is 1. The van der Waals surface area contributed by atoms with Gasteiger partial charge in [0.15, 0.2) is 0 Å². The molecule has 0 spiro atoms. The molecule has 0 aliphatic carbocycles. The summed E-state index contributed by atoms with van der Waals surface area (Å²) >= 11 is 0. The molecule has 3 rings (SSSR count). The standard InChI is InChI=1S/C21H23NO2/c1-15-6-7-16(20-5-3-2-4-19(15)20)12-13-22-14-21(24)17-8-10-18(23)11-9-17/h2-11,21-24H,12-14H2,1H3. The number of aliphatic hydroxyl groups is 1. The second-order valence-electron chi connectivity index (χ2n) is 6.15. The Morgan fingerprint density at radius 2 is 1.62 bits per heavy atom. The summed E-state index contributed by atoms with van der Waals surface area (Å²) in [4.78, 5) is 0. The summed E-state index contributed by atoms with van der Waals surface area (Å²) in [5.41, 5.74) is 3.42. The first-order chi connectivity index (χ1) is 11.6. The van der Waals surface area contributed by atoms with Gasteiger partial charge in [-0.25, -0.2) is 0 Å². The van der Waals surface area contributed by atoms with E-state index >= 15 is 0 Å². The Labute approximate surface area is 142 Å². The molecular formula is C21H23NO2. The minimum atomic E-state index is -0.569. The van der Waals surface area contributed by atoms with Gasteiger partial charge in [0.05, 0.1) is 6.10 Å². The molecule has 3 nitrogen and oxygen atoms in total. The predicted octanol–water partition coefficient (Wildman–Crippen LogP) is 3.72. The van der Waals surface area contributed by atoms with Gasteiger partial charge >= 0.3 is 0 Å². The fourth-order valence-electron chi connectivity index (χ4n) is 3.01. The highest BCUT2D eigenvalue weighted by Gasteiger charge is 2.07. The van der Waals surface area contributed by atoms with E-state index in [1.165, 1.54) is 21.9 Å². The van der Waals surface area contributed by atoms with E-state index in [4.69, 9.17) is 0 Å². The van der Waals surface area contributed by atoms with Crippen LogP contribution < -0.4 is 5.32 Å². The third-order valence-electron chi connectivity index (χ3n) is 4.42. The monoisotopic (exact) mass is 321 g/mol. The number of phenols is 1. The molecule has 3 aromatic carbocycles. The molecule has 24 heavy (non-hydrogen) atoms. The van der Waals surface area contributed by atoms with Crippen LogP contribution in [0.4, 0.5) is 0 Å². The smallest absolute Gasteiger partial charge is 0.115 e. The van der Waals surface area contributed by atoms with Crippen molar-refractivity contribution in [3.05, 3.63) is 77.4 Å². The van der Waals surface area contributed by atoms with Crippen LogP contribution in [0.25, 0.3) is 10.8 Å². The minimum absolute atomic E-state index is 0.213. The van der Waals surface area contributed by atoms with Gasteiger partial charge in [-0.1, -0.05) is 48.5 Å². The summed E-state index contributed by atoms with van der Waals surface area (Å²) in [6, 6.07) is 19.5.